The van der Waals surface area contributed by atoms with E-state index in [0.29, 0.717) is 6.42 Å². The molecule has 102 valence electrons. The van der Waals surface area contributed by atoms with E-state index >= 15 is 0 Å². The number of benzene rings is 1. The number of aliphatic hydroxyl groups is 1. The molecular formula is C13H13F3N2O. The third kappa shape index (κ3) is 4.00. The van der Waals surface area contributed by atoms with Crippen LogP contribution in [0.5, 0.6) is 0 Å². The first kappa shape index (κ1) is 15.1. The molecular weight excluding hydrogens is 257 g/mol. The average Bonchev–Trinajstić information content (AvgIpc) is 2.37. The summed E-state index contributed by atoms with van der Waals surface area (Å²) in [7, 11) is 0. The highest BCUT2D eigenvalue weighted by atomic mass is 19.4. The van der Waals surface area contributed by atoms with E-state index in [1.165, 1.54) is 6.07 Å². The molecule has 0 aromatic heterocycles. The fourth-order valence-corrected chi connectivity index (χ4v) is 1.54. The number of anilines is 1. The summed E-state index contributed by atoms with van der Waals surface area (Å²) in [5.74, 6) is 0. The molecule has 3 nitrogen and oxygen atoms in total. The molecule has 19 heavy (non-hydrogen) atoms. The number of alkyl halides is 3. The zero-order valence-corrected chi connectivity index (χ0v) is 10.0. The molecule has 1 rings (SSSR count). The van der Waals surface area contributed by atoms with Crippen molar-refractivity contribution < 1.29 is 18.3 Å². The summed E-state index contributed by atoms with van der Waals surface area (Å²) in [6.45, 7) is 3.30. The van der Waals surface area contributed by atoms with Crippen LogP contribution >= 0.6 is 0 Å². The van der Waals surface area contributed by atoms with Crippen molar-refractivity contribution in [1.82, 2.24) is 0 Å². The van der Waals surface area contributed by atoms with Gasteiger partial charge in [0.25, 0.3) is 0 Å². The lowest BCUT2D eigenvalue weighted by Gasteiger charge is -2.17. The fourth-order valence-electron chi connectivity index (χ4n) is 1.54. The molecule has 0 spiro atoms. The van der Waals surface area contributed by atoms with Crippen LogP contribution in [0.3, 0.4) is 0 Å². The summed E-state index contributed by atoms with van der Waals surface area (Å²) in [6, 6.07) is 4.19. The number of halogens is 3. The number of nitrogens with zero attached hydrogens (tertiary/aromatic N) is 1. The minimum absolute atomic E-state index is 0.114. The molecule has 1 aromatic rings. The van der Waals surface area contributed by atoms with Gasteiger partial charge in [0.1, 0.15) is 6.07 Å². The Morgan fingerprint density at radius 3 is 2.63 bits per heavy atom. The molecule has 0 heterocycles. The Balaban J connectivity index is 3.03. The molecule has 0 radical (unpaired) electrons. The predicted octanol–water partition coefficient (Wildman–Crippen LogP) is 2.93. The van der Waals surface area contributed by atoms with Crippen molar-refractivity contribution in [2.75, 3.05) is 11.9 Å². The highest BCUT2D eigenvalue weighted by Crippen LogP contribution is 2.31. The van der Waals surface area contributed by atoms with E-state index in [2.05, 4.69) is 11.9 Å². The number of nitrogens with one attached hydrogen (secondary N) is 1. The van der Waals surface area contributed by atoms with Gasteiger partial charge in [-0.25, -0.2) is 0 Å². The van der Waals surface area contributed by atoms with E-state index in [1.807, 2.05) is 0 Å². The van der Waals surface area contributed by atoms with Crippen LogP contribution in [0.4, 0.5) is 18.9 Å². The van der Waals surface area contributed by atoms with E-state index in [-0.39, 0.29) is 23.9 Å². The molecule has 0 unspecified atom stereocenters. The Morgan fingerprint density at radius 2 is 2.16 bits per heavy atom. The molecule has 1 atom stereocenters. The van der Waals surface area contributed by atoms with Crippen molar-refractivity contribution in [2.24, 2.45) is 0 Å². The maximum Gasteiger partial charge on any atom is 0.416 e. The van der Waals surface area contributed by atoms with E-state index in [0.717, 1.165) is 12.1 Å². The number of nitriles is 1. The number of hydrogen-bond donors (Lipinski definition) is 2. The van der Waals surface area contributed by atoms with Crippen molar-refractivity contribution in [3.05, 3.63) is 42.0 Å². The topological polar surface area (TPSA) is 56.0 Å². The molecule has 0 bridgehead atoms. The molecule has 0 fully saturated rings. The SMILES string of the molecule is C=CC[C@H](CO)Nc1ccc(C(F)(F)F)cc1C#N. The zero-order valence-electron chi connectivity index (χ0n) is 10.0. The summed E-state index contributed by atoms with van der Waals surface area (Å²) < 4.78 is 37.5. The number of rotatable bonds is 5. The van der Waals surface area contributed by atoms with Crippen LogP contribution in [0.1, 0.15) is 17.5 Å². The normalized spacial score (nSPS) is 12.6. The number of hydrogen-bond acceptors (Lipinski definition) is 3. The zero-order chi connectivity index (χ0) is 14.5. The largest absolute Gasteiger partial charge is 0.416 e. The van der Waals surface area contributed by atoms with E-state index in [1.54, 1.807) is 12.1 Å². The van der Waals surface area contributed by atoms with Gasteiger partial charge in [0, 0.05) is 0 Å². The minimum Gasteiger partial charge on any atom is -0.394 e. The second-order valence-electron chi connectivity index (χ2n) is 3.92. The third-order valence-electron chi connectivity index (χ3n) is 2.50. The number of aliphatic hydroxyl groups excluding tert-OH is 1. The van der Waals surface area contributed by atoms with Crippen LogP contribution in [0.25, 0.3) is 0 Å². The summed E-state index contributed by atoms with van der Waals surface area (Å²) in [5.41, 5.74) is -0.729. The Morgan fingerprint density at radius 1 is 1.47 bits per heavy atom. The maximum absolute atomic E-state index is 12.5. The van der Waals surface area contributed by atoms with E-state index < -0.39 is 11.7 Å². The smallest absolute Gasteiger partial charge is 0.394 e. The van der Waals surface area contributed by atoms with Crippen LogP contribution in [0, 0.1) is 11.3 Å². The van der Waals surface area contributed by atoms with Gasteiger partial charge in [-0.3, -0.25) is 0 Å². The molecule has 6 heteroatoms. The van der Waals surface area contributed by atoms with Gasteiger partial charge in [-0.15, -0.1) is 6.58 Å². The summed E-state index contributed by atoms with van der Waals surface area (Å²) in [5, 5.41) is 20.8. The van der Waals surface area contributed by atoms with Gasteiger partial charge >= 0.3 is 6.18 Å². The summed E-state index contributed by atoms with van der Waals surface area (Å²) in [6.07, 6.45) is -2.48. The Bertz CT molecular complexity index is 492. The van der Waals surface area contributed by atoms with Crippen LogP contribution in [0.2, 0.25) is 0 Å². The van der Waals surface area contributed by atoms with Crippen molar-refractivity contribution in [1.29, 1.82) is 5.26 Å². The van der Waals surface area contributed by atoms with Crippen molar-refractivity contribution in [3.8, 4) is 6.07 Å². The molecule has 2 N–H and O–H groups in total. The van der Waals surface area contributed by atoms with Gasteiger partial charge in [-0.2, -0.15) is 18.4 Å². The fraction of sp³-hybridized carbons (Fsp3) is 0.308. The van der Waals surface area contributed by atoms with Crippen LogP contribution in [-0.2, 0) is 6.18 Å². The van der Waals surface area contributed by atoms with Gasteiger partial charge in [0.2, 0.25) is 0 Å². The van der Waals surface area contributed by atoms with Crippen LogP contribution < -0.4 is 5.32 Å². The molecule has 0 aliphatic heterocycles. The minimum atomic E-state index is -4.48. The van der Waals surface area contributed by atoms with Crippen LogP contribution in [-0.4, -0.2) is 17.8 Å². The Hall–Kier alpha value is -2.00. The van der Waals surface area contributed by atoms with Crippen molar-refractivity contribution >= 4 is 5.69 Å². The predicted molar refractivity (Wildman–Crippen MR) is 65.5 cm³/mol. The second-order valence-corrected chi connectivity index (χ2v) is 3.92. The van der Waals surface area contributed by atoms with Crippen molar-refractivity contribution in [3.63, 3.8) is 0 Å². The molecule has 0 saturated heterocycles. The molecule has 1 aromatic carbocycles. The van der Waals surface area contributed by atoms with E-state index in [4.69, 9.17) is 10.4 Å². The highest BCUT2D eigenvalue weighted by Gasteiger charge is 2.31. The first-order chi connectivity index (χ1) is 8.92. The molecule has 0 amide bonds. The Kier molecular flexibility index (Phi) is 4.95. The third-order valence-corrected chi connectivity index (χ3v) is 2.50. The lowest BCUT2D eigenvalue weighted by molar-refractivity contribution is -0.137. The summed E-state index contributed by atoms with van der Waals surface area (Å²) >= 11 is 0. The monoisotopic (exact) mass is 270 g/mol. The van der Waals surface area contributed by atoms with Gasteiger partial charge in [0.05, 0.1) is 29.5 Å². The maximum atomic E-state index is 12.5. The van der Waals surface area contributed by atoms with Crippen LogP contribution in [0.15, 0.2) is 30.9 Å². The molecule has 0 aliphatic rings. The van der Waals surface area contributed by atoms with Gasteiger partial charge < -0.3 is 10.4 Å². The highest BCUT2D eigenvalue weighted by molar-refractivity contribution is 5.59. The van der Waals surface area contributed by atoms with Crippen molar-refractivity contribution in [2.45, 2.75) is 18.6 Å². The lowest BCUT2D eigenvalue weighted by atomic mass is 10.1. The lowest BCUT2D eigenvalue weighted by Crippen LogP contribution is -2.23. The molecule has 0 aliphatic carbocycles. The quantitative estimate of drug-likeness (QED) is 0.809. The standard InChI is InChI=1S/C13H13F3N2O/c1-2-3-11(8-19)18-12-5-4-10(13(14,15)16)6-9(12)7-17/h2,4-6,11,18-19H,1,3,8H2/t11-/m1/s1. The average molecular weight is 270 g/mol. The van der Waals surface area contributed by atoms with Gasteiger partial charge in [0.15, 0.2) is 0 Å². The first-order valence-corrected chi connectivity index (χ1v) is 5.52. The van der Waals surface area contributed by atoms with Gasteiger partial charge in [-0.05, 0) is 24.6 Å². The summed E-state index contributed by atoms with van der Waals surface area (Å²) in [4.78, 5) is 0. The van der Waals surface area contributed by atoms with E-state index in [9.17, 15) is 13.2 Å². The second kappa shape index (κ2) is 6.25. The molecule has 0 saturated carbocycles. The first-order valence-electron chi connectivity index (χ1n) is 5.52. The Labute approximate surface area is 109 Å². The van der Waals surface area contributed by atoms with Gasteiger partial charge in [-0.1, -0.05) is 6.08 Å².